The molecule has 3 fully saturated rings. The van der Waals surface area contributed by atoms with E-state index in [0.717, 1.165) is 9.91 Å². The van der Waals surface area contributed by atoms with Crippen molar-refractivity contribution in [3.63, 3.8) is 0 Å². The van der Waals surface area contributed by atoms with Gasteiger partial charge in [-0.2, -0.15) is 5.01 Å². The Morgan fingerprint density at radius 3 is 2.25 bits per heavy atom. The zero-order valence-corrected chi connectivity index (χ0v) is 30.8. The van der Waals surface area contributed by atoms with Crippen LogP contribution in [0.4, 0.5) is 17.1 Å². The molecule has 280 valence electrons. The number of aromatic hydroxyl groups is 1. The maximum Gasteiger partial charge on any atom is 0.269 e. The number of hydrogen-bond acceptors (Lipinski definition) is 10. The first kappa shape index (κ1) is 36.1. The second-order valence-corrected chi connectivity index (χ2v) is 14.8. The van der Waals surface area contributed by atoms with E-state index in [1.54, 1.807) is 48.5 Å². The topological polar surface area (TPSA) is 169 Å². The highest BCUT2D eigenvalue weighted by atomic mass is 35.5. The summed E-state index contributed by atoms with van der Waals surface area (Å²) in [5.41, 5.74) is 3.31. The van der Waals surface area contributed by atoms with E-state index >= 15 is 4.79 Å². The third-order valence-corrected chi connectivity index (χ3v) is 12.0. The molecular formula is C40H32Cl2N4O9. The average Bonchev–Trinajstić information content (AvgIpc) is 3.56. The molecule has 4 aliphatic rings. The number of hydrogen-bond donors (Lipinski definition) is 2. The number of carbonyl (C=O) groups excluding carboxylic acids is 4. The number of imide groups is 2. The average molecular weight is 784 g/mol. The number of nitro groups is 1. The molecule has 6 atom stereocenters. The third kappa shape index (κ3) is 5.43. The molecule has 8 rings (SSSR count). The van der Waals surface area contributed by atoms with E-state index in [1.807, 2.05) is 6.08 Å². The second-order valence-electron chi connectivity index (χ2n) is 13.9. The Hall–Kier alpha value is -5.92. The zero-order valence-electron chi connectivity index (χ0n) is 29.3. The molecule has 1 saturated carbocycles. The van der Waals surface area contributed by atoms with Gasteiger partial charge in [-0.05, 0) is 84.5 Å². The van der Waals surface area contributed by atoms with E-state index in [0.29, 0.717) is 27.5 Å². The first-order valence-corrected chi connectivity index (χ1v) is 18.1. The molecule has 4 aromatic carbocycles. The number of non-ortho nitro benzene ring substituents is 1. The fourth-order valence-electron chi connectivity index (χ4n) is 9.07. The van der Waals surface area contributed by atoms with Gasteiger partial charge in [-0.3, -0.25) is 39.6 Å². The number of rotatable bonds is 8. The number of nitrogens with one attached hydrogen (secondary N) is 1. The molecule has 2 aliphatic heterocycles. The Bertz CT molecular complexity index is 2330. The van der Waals surface area contributed by atoms with E-state index in [4.69, 9.17) is 32.7 Å². The number of nitro benzene ring substituents is 1. The number of allylic oxidation sites excluding steroid dienone is 2. The van der Waals surface area contributed by atoms with Gasteiger partial charge >= 0.3 is 0 Å². The molecule has 4 amide bonds. The number of phenols is 1. The molecule has 0 radical (unpaired) electrons. The number of hydrazine groups is 1. The van der Waals surface area contributed by atoms with Gasteiger partial charge in [0.15, 0.2) is 11.5 Å². The summed E-state index contributed by atoms with van der Waals surface area (Å²) in [6, 6.07) is 21.4. The molecular weight excluding hydrogens is 751 g/mol. The molecule has 0 bridgehead atoms. The monoisotopic (exact) mass is 782 g/mol. The van der Waals surface area contributed by atoms with Crippen molar-refractivity contribution in [2.24, 2.45) is 23.7 Å². The standard InChI is InChI=1S/C40H32Cl2N4O9/c1-54-25-11-4-21(5-12-25)40-29(37(49)45(39(40)51)43-31-15-6-22(41)18-30(31)42)19-28-26(35(40)20-3-16-32(47)33(17-20)55-2)13-14-27-34(28)38(50)44(36(27)48)23-7-9-24(10-8-23)46(52)53/h3-13,15-18,27-29,34-35,43,47H,14,19H2,1-2H3. The van der Waals surface area contributed by atoms with Crippen LogP contribution < -0.4 is 19.8 Å². The highest BCUT2D eigenvalue weighted by Crippen LogP contribution is 2.64. The summed E-state index contributed by atoms with van der Waals surface area (Å²) >= 11 is 12.7. The minimum absolute atomic E-state index is 0.0228. The van der Waals surface area contributed by atoms with E-state index in [-0.39, 0.29) is 46.4 Å². The Labute approximate surface area is 324 Å². The minimum atomic E-state index is -1.61. The smallest absolute Gasteiger partial charge is 0.269 e. The van der Waals surface area contributed by atoms with Gasteiger partial charge in [-0.25, -0.2) is 0 Å². The summed E-state index contributed by atoms with van der Waals surface area (Å²) < 4.78 is 11.0. The van der Waals surface area contributed by atoms with Crippen molar-refractivity contribution >= 4 is 63.9 Å². The Kier molecular flexibility index (Phi) is 8.81. The fraction of sp³-hybridized carbons (Fsp3) is 0.250. The molecule has 13 nitrogen and oxygen atoms in total. The van der Waals surface area contributed by atoms with Crippen molar-refractivity contribution < 1.29 is 38.7 Å². The molecule has 0 aromatic heterocycles. The molecule has 6 unspecified atom stereocenters. The molecule has 2 aliphatic carbocycles. The number of ether oxygens (including phenoxy) is 2. The van der Waals surface area contributed by atoms with Crippen molar-refractivity contribution in [3.8, 4) is 17.2 Å². The summed E-state index contributed by atoms with van der Waals surface area (Å²) in [6.45, 7) is 0. The number of benzene rings is 4. The van der Waals surface area contributed by atoms with Crippen LogP contribution in [0.1, 0.15) is 29.9 Å². The molecule has 0 spiro atoms. The van der Waals surface area contributed by atoms with E-state index in [1.165, 1.54) is 50.6 Å². The van der Waals surface area contributed by atoms with Crippen molar-refractivity contribution in [1.82, 2.24) is 5.01 Å². The highest BCUT2D eigenvalue weighted by Gasteiger charge is 2.70. The van der Waals surface area contributed by atoms with Crippen molar-refractivity contribution in [2.45, 2.75) is 24.2 Å². The lowest BCUT2D eigenvalue weighted by Crippen LogP contribution is -2.53. The van der Waals surface area contributed by atoms with Gasteiger partial charge in [0.1, 0.15) is 5.75 Å². The Balaban J connectivity index is 1.32. The maximum absolute atomic E-state index is 15.4. The van der Waals surface area contributed by atoms with Crippen LogP contribution in [0.25, 0.3) is 0 Å². The zero-order chi connectivity index (χ0) is 38.9. The van der Waals surface area contributed by atoms with Crippen LogP contribution in [-0.2, 0) is 24.6 Å². The number of nitrogens with zero attached hydrogens (tertiary/aromatic N) is 3. The molecule has 2 saturated heterocycles. The van der Waals surface area contributed by atoms with Gasteiger partial charge in [0.25, 0.3) is 17.5 Å². The van der Waals surface area contributed by atoms with Crippen molar-refractivity contribution in [2.75, 3.05) is 24.5 Å². The van der Waals surface area contributed by atoms with Crippen LogP contribution in [0.3, 0.4) is 0 Å². The van der Waals surface area contributed by atoms with Crippen LogP contribution in [0, 0.1) is 33.8 Å². The van der Waals surface area contributed by atoms with Gasteiger partial charge in [0.2, 0.25) is 11.8 Å². The normalized spacial score (nSPS) is 25.6. The van der Waals surface area contributed by atoms with Crippen molar-refractivity contribution in [1.29, 1.82) is 0 Å². The minimum Gasteiger partial charge on any atom is -0.504 e. The Morgan fingerprint density at radius 1 is 0.873 bits per heavy atom. The number of halogens is 2. The quantitative estimate of drug-likeness (QED) is 0.0838. The third-order valence-electron chi connectivity index (χ3n) is 11.4. The summed E-state index contributed by atoms with van der Waals surface area (Å²) in [5, 5.41) is 23.5. The summed E-state index contributed by atoms with van der Waals surface area (Å²) in [4.78, 5) is 70.7. The van der Waals surface area contributed by atoms with Gasteiger partial charge in [-0.15, -0.1) is 0 Å². The first-order chi connectivity index (χ1) is 26.4. The van der Waals surface area contributed by atoms with E-state index in [2.05, 4.69) is 5.43 Å². The molecule has 2 N–H and O–H groups in total. The lowest BCUT2D eigenvalue weighted by Gasteiger charge is -2.50. The number of phenolic OH excluding ortho intramolecular Hbond substituents is 1. The van der Waals surface area contributed by atoms with Crippen LogP contribution in [-0.4, -0.2) is 52.9 Å². The van der Waals surface area contributed by atoms with Crippen LogP contribution in [0.5, 0.6) is 17.2 Å². The molecule has 15 heteroatoms. The predicted octanol–water partition coefficient (Wildman–Crippen LogP) is 6.81. The molecule has 4 aromatic rings. The summed E-state index contributed by atoms with van der Waals surface area (Å²) in [7, 11) is 2.91. The number of methoxy groups -OCH3 is 2. The summed E-state index contributed by atoms with van der Waals surface area (Å²) in [5.74, 6) is -5.96. The second kappa shape index (κ2) is 13.4. The number of fused-ring (bicyclic) bond motifs is 4. The van der Waals surface area contributed by atoms with Gasteiger partial charge in [-0.1, -0.05) is 53.1 Å². The Morgan fingerprint density at radius 2 is 1.60 bits per heavy atom. The van der Waals surface area contributed by atoms with Gasteiger partial charge < -0.3 is 14.6 Å². The van der Waals surface area contributed by atoms with E-state index in [9.17, 15) is 29.6 Å². The van der Waals surface area contributed by atoms with Crippen LogP contribution >= 0.6 is 23.2 Å². The molecule has 55 heavy (non-hydrogen) atoms. The number of carbonyl (C=O) groups is 4. The van der Waals surface area contributed by atoms with Gasteiger partial charge in [0.05, 0.1) is 58.7 Å². The molecule has 2 heterocycles. The summed E-state index contributed by atoms with van der Waals surface area (Å²) in [6.07, 6.45) is 2.07. The first-order valence-electron chi connectivity index (χ1n) is 17.3. The van der Waals surface area contributed by atoms with Crippen LogP contribution in [0.2, 0.25) is 10.0 Å². The number of amides is 4. The predicted molar refractivity (Wildman–Crippen MR) is 201 cm³/mol. The maximum atomic E-state index is 15.4. The lowest BCUT2D eigenvalue weighted by molar-refractivity contribution is -0.384. The van der Waals surface area contributed by atoms with Gasteiger partial charge in [0, 0.05) is 23.1 Å². The lowest BCUT2D eigenvalue weighted by atomic mass is 9.49. The number of anilines is 2. The van der Waals surface area contributed by atoms with Crippen molar-refractivity contribution in [3.05, 3.63) is 128 Å². The van der Waals surface area contributed by atoms with E-state index < -0.39 is 63.6 Å². The SMILES string of the molecule is COc1ccc(C23C(=O)N(Nc4ccc(Cl)cc4Cl)C(=O)C2CC2C(=CCC4C(=O)N(c5ccc([N+](=O)[O-])cc5)C(=O)C42)C3c2ccc(O)c(OC)c2)cc1. The largest absolute Gasteiger partial charge is 0.504 e. The highest BCUT2D eigenvalue weighted by molar-refractivity contribution is 6.36. The van der Waals surface area contributed by atoms with Crippen LogP contribution in [0.15, 0.2) is 96.6 Å². The fourth-order valence-corrected chi connectivity index (χ4v) is 9.52.